The minimum atomic E-state index is 0.427. The van der Waals surface area contributed by atoms with Crippen molar-refractivity contribution in [2.24, 2.45) is 0 Å². The molecule has 0 unspecified atom stereocenters. The Morgan fingerprint density at radius 3 is 2.35 bits per heavy atom. The molecule has 1 heterocycles. The SMILES string of the molecule is COc1ccc(-c2ccc(N)nn2)c(C)c1C. The van der Waals surface area contributed by atoms with Crippen molar-refractivity contribution in [3.63, 3.8) is 0 Å². The third-order valence-electron chi connectivity index (χ3n) is 2.92. The predicted molar refractivity (Wildman–Crippen MR) is 67.9 cm³/mol. The highest BCUT2D eigenvalue weighted by molar-refractivity contribution is 5.67. The molecule has 0 spiro atoms. The first-order valence-corrected chi connectivity index (χ1v) is 5.37. The molecule has 0 bridgehead atoms. The summed E-state index contributed by atoms with van der Waals surface area (Å²) >= 11 is 0. The number of benzene rings is 1. The summed E-state index contributed by atoms with van der Waals surface area (Å²) in [6, 6.07) is 7.55. The normalized spacial score (nSPS) is 10.3. The number of rotatable bonds is 2. The smallest absolute Gasteiger partial charge is 0.146 e. The molecule has 1 aromatic heterocycles. The second kappa shape index (κ2) is 4.41. The standard InChI is InChI=1S/C13H15N3O/c1-8-9(2)12(17-3)6-4-10(8)11-5-7-13(14)16-15-11/h4-7H,1-3H3,(H2,14,16). The van der Waals surface area contributed by atoms with Crippen LogP contribution in [0, 0.1) is 13.8 Å². The van der Waals surface area contributed by atoms with Crippen LogP contribution in [0.3, 0.4) is 0 Å². The molecule has 88 valence electrons. The Morgan fingerprint density at radius 1 is 1.00 bits per heavy atom. The van der Waals surface area contributed by atoms with Crippen molar-refractivity contribution in [2.45, 2.75) is 13.8 Å². The Balaban J connectivity index is 2.53. The lowest BCUT2D eigenvalue weighted by Gasteiger charge is -2.11. The summed E-state index contributed by atoms with van der Waals surface area (Å²) in [5.41, 5.74) is 9.65. The molecule has 4 heteroatoms. The summed E-state index contributed by atoms with van der Waals surface area (Å²) in [6.07, 6.45) is 0. The number of hydrogen-bond donors (Lipinski definition) is 1. The van der Waals surface area contributed by atoms with Crippen LogP contribution in [-0.4, -0.2) is 17.3 Å². The van der Waals surface area contributed by atoms with Crippen LogP contribution in [0.4, 0.5) is 5.82 Å². The lowest BCUT2D eigenvalue weighted by molar-refractivity contribution is 0.411. The largest absolute Gasteiger partial charge is 0.496 e. The van der Waals surface area contributed by atoms with Gasteiger partial charge in [0.15, 0.2) is 0 Å². The summed E-state index contributed by atoms with van der Waals surface area (Å²) in [4.78, 5) is 0. The molecule has 2 N–H and O–H groups in total. The van der Waals surface area contributed by atoms with Crippen LogP contribution in [0.5, 0.6) is 5.75 Å². The van der Waals surface area contributed by atoms with Gasteiger partial charge in [0, 0.05) is 5.56 Å². The summed E-state index contributed by atoms with van der Waals surface area (Å²) in [5.74, 6) is 1.31. The van der Waals surface area contributed by atoms with Crippen molar-refractivity contribution in [3.8, 4) is 17.0 Å². The second-order valence-electron chi connectivity index (χ2n) is 3.91. The van der Waals surface area contributed by atoms with Gasteiger partial charge in [0.25, 0.3) is 0 Å². The molecule has 4 nitrogen and oxygen atoms in total. The zero-order valence-electron chi connectivity index (χ0n) is 10.2. The minimum absolute atomic E-state index is 0.427. The van der Waals surface area contributed by atoms with E-state index in [1.807, 2.05) is 32.0 Å². The third kappa shape index (κ3) is 2.06. The quantitative estimate of drug-likeness (QED) is 0.858. The van der Waals surface area contributed by atoms with Gasteiger partial charge in [-0.05, 0) is 49.2 Å². The average molecular weight is 229 g/mol. The van der Waals surface area contributed by atoms with Crippen LogP contribution in [0.25, 0.3) is 11.3 Å². The molecular formula is C13H15N3O. The van der Waals surface area contributed by atoms with Gasteiger partial charge in [0.05, 0.1) is 12.8 Å². The first-order valence-electron chi connectivity index (χ1n) is 5.37. The Bertz CT molecular complexity index is 535. The molecule has 0 aliphatic carbocycles. The van der Waals surface area contributed by atoms with Gasteiger partial charge in [-0.1, -0.05) is 0 Å². The summed E-state index contributed by atoms with van der Waals surface area (Å²) in [6.45, 7) is 4.08. The number of nitrogen functional groups attached to an aromatic ring is 1. The van der Waals surface area contributed by atoms with Crippen LogP contribution in [0.15, 0.2) is 24.3 Å². The van der Waals surface area contributed by atoms with Gasteiger partial charge in [-0.3, -0.25) is 0 Å². The number of hydrogen-bond acceptors (Lipinski definition) is 4. The Hall–Kier alpha value is -2.10. The first-order chi connectivity index (χ1) is 8.13. The monoisotopic (exact) mass is 229 g/mol. The molecule has 0 amide bonds. The molecule has 17 heavy (non-hydrogen) atoms. The van der Waals surface area contributed by atoms with Crippen molar-refractivity contribution in [3.05, 3.63) is 35.4 Å². The van der Waals surface area contributed by atoms with E-state index in [9.17, 15) is 0 Å². The molecule has 0 aliphatic heterocycles. The van der Waals surface area contributed by atoms with Crippen LogP contribution >= 0.6 is 0 Å². The minimum Gasteiger partial charge on any atom is -0.496 e. The Kier molecular flexibility index (Phi) is 2.95. The maximum absolute atomic E-state index is 5.52. The maximum atomic E-state index is 5.52. The van der Waals surface area contributed by atoms with Crippen molar-refractivity contribution in [1.29, 1.82) is 0 Å². The molecule has 0 aliphatic rings. The second-order valence-corrected chi connectivity index (χ2v) is 3.91. The zero-order valence-corrected chi connectivity index (χ0v) is 10.2. The van der Waals surface area contributed by atoms with Crippen molar-refractivity contribution in [2.75, 3.05) is 12.8 Å². The molecule has 1 aromatic carbocycles. The van der Waals surface area contributed by atoms with Gasteiger partial charge < -0.3 is 10.5 Å². The predicted octanol–water partition coefficient (Wildman–Crippen LogP) is 2.35. The number of nitrogens with zero attached hydrogens (tertiary/aromatic N) is 2. The van der Waals surface area contributed by atoms with E-state index in [-0.39, 0.29) is 0 Å². The van der Waals surface area contributed by atoms with E-state index in [4.69, 9.17) is 10.5 Å². The van der Waals surface area contributed by atoms with E-state index in [1.54, 1.807) is 13.2 Å². The zero-order chi connectivity index (χ0) is 12.4. The fourth-order valence-electron chi connectivity index (χ4n) is 1.78. The van der Waals surface area contributed by atoms with Gasteiger partial charge in [-0.15, -0.1) is 10.2 Å². The average Bonchev–Trinajstić information content (AvgIpc) is 2.34. The summed E-state index contributed by atoms with van der Waals surface area (Å²) in [7, 11) is 1.67. The fourth-order valence-corrected chi connectivity index (χ4v) is 1.78. The molecule has 0 saturated carbocycles. The molecule has 0 atom stereocenters. The van der Waals surface area contributed by atoms with Gasteiger partial charge in [-0.2, -0.15) is 0 Å². The van der Waals surface area contributed by atoms with E-state index < -0.39 is 0 Å². The molecule has 0 saturated heterocycles. The van der Waals surface area contributed by atoms with E-state index in [1.165, 1.54) is 0 Å². The third-order valence-corrected chi connectivity index (χ3v) is 2.92. The van der Waals surface area contributed by atoms with Crippen LogP contribution in [-0.2, 0) is 0 Å². The van der Waals surface area contributed by atoms with Crippen LogP contribution in [0.1, 0.15) is 11.1 Å². The first kappa shape index (κ1) is 11.4. The lowest BCUT2D eigenvalue weighted by Crippen LogP contribution is -1.97. The van der Waals surface area contributed by atoms with E-state index in [0.29, 0.717) is 5.82 Å². The van der Waals surface area contributed by atoms with Crippen LogP contribution < -0.4 is 10.5 Å². The molecular weight excluding hydrogens is 214 g/mol. The van der Waals surface area contributed by atoms with Crippen LogP contribution in [0.2, 0.25) is 0 Å². The molecule has 0 radical (unpaired) electrons. The lowest BCUT2D eigenvalue weighted by atomic mass is 10.00. The number of aromatic nitrogens is 2. The molecule has 2 rings (SSSR count). The number of nitrogens with two attached hydrogens (primary N) is 1. The highest BCUT2D eigenvalue weighted by Crippen LogP contribution is 2.29. The van der Waals surface area contributed by atoms with Gasteiger partial charge in [-0.25, -0.2) is 0 Å². The molecule has 2 aromatic rings. The Morgan fingerprint density at radius 2 is 1.76 bits per heavy atom. The van der Waals surface area contributed by atoms with Crippen molar-refractivity contribution < 1.29 is 4.74 Å². The summed E-state index contributed by atoms with van der Waals surface area (Å²) in [5, 5.41) is 7.96. The maximum Gasteiger partial charge on any atom is 0.146 e. The summed E-state index contributed by atoms with van der Waals surface area (Å²) < 4.78 is 5.28. The number of anilines is 1. The van der Waals surface area contributed by atoms with Crippen molar-refractivity contribution >= 4 is 5.82 Å². The Labute approximate surface area is 100 Å². The van der Waals surface area contributed by atoms with Gasteiger partial charge >= 0.3 is 0 Å². The van der Waals surface area contributed by atoms with Gasteiger partial charge in [0.2, 0.25) is 0 Å². The van der Waals surface area contributed by atoms with Crippen molar-refractivity contribution in [1.82, 2.24) is 10.2 Å². The fraction of sp³-hybridized carbons (Fsp3) is 0.231. The van der Waals surface area contributed by atoms with E-state index in [0.717, 1.165) is 28.1 Å². The highest BCUT2D eigenvalue weighted by Gasteiger charge is 2.09. The van der Waals surface area contributed by atoms with E-state index >= 15 is 0 Å². The molecule has 0 fully saturated rings. The number of methoxy groups -OCH3 is 1. The number of ether oxygens (including phenoxy) is 1. The van der Waals surface area contributed by atoms with E-state index in [2.05, 4.69) is 10.2 Å². The highest BCUT2D eigenvalue weighted by atomic mass is 16.5. The topological polar surface area (TPSA) is 61.0 Å². The van der Waals surface area contributed by atoms with Gasteiger partial charge in [0.1, 0.15) is 11.6 Å².